The van der Waals surface area contributed by atoms with Gasteiger partial charge >= 0.3 is 0 Å². The number of hydrogen-bond acceptors (Lipinski definition) is 5. The van der Waals surface area contributed by atoms with Gasteiger partial charge in [0.1, 0.15) is 0 Å². The number of hydrazone groups is 1. The van der Waals surface area contributed by atoms with Crippen LogP contribution in [0, 0.1) is 13.8 Å². The van der Waals surface area contributed by atoms with E-state index in [1.165, 1.54) is 37.7 Å². The molecule has 0 saturated heterocycles. The van der Waals surface area contributed by atoms with Crippen LogP contribution in [0.5, 0.6) is 0 Å². The summed E-state index contributed by atoms with van der Waals surface area (Å²) in [5.41, 5.74) is 7.11. The fourth-order valence-electron chi connectivity index (χ4n) is 3.20. The molecule has 0 spiro atoms. The number of benzene rings is 1. The van der Waals surface area contributed by atoms with Crippen molar-refractivity contribution in [2.45, 2.75) is 58.9 Å². The molecule has 3 N–H and O–H groups in total. The molecule has 1 aliphatic carbocycles. The first-order valence-electron chi connectivity index (χ1n) is 9.43. The fourth-order valence-corrected chi connectivity index (χ4v) is 4.34. The zero-order chi connectivity index (χ0) is 19.2. The summed E-state index contributed by atoms with van der Waals surface area (Å²) in [6, 6.07) is 8.76. The highest BCUT2D eigenvalue weighted by atomic mass is 32.1. The van der Waals surface area contributed by atoms with Crippen molar-refractivity contribution in [1.29, 1.82) is 0 Å². The molecule has 1 aromatic heterocycles. The summed E-state index contributed by atoms with van der Waals surface area (Å²) in [6.45, 7) is 6.06. The van der Waals surface area contributed by atoms with Crippen molar-refractivity contribution in [2.75, 3.05) is 5.32 Å². The summed E-state index contributed by atoms with van der Waals surface area (Å²) in [4.78, 5) is 5.67. The lowest BCUT2D eigenvalue weighted by atomic mass is 9.96. The Balaban J connectivity index is 1.59. The molecule has 5 nitrogen and oxygen atoms in total. The first kappa shape index (κ1) is 19.8. The molecular weight excluding hydrogens is 374 g/mol. The predicted octanol–water partition coefficient (Wildman–Crippen LogP) is 5.02. The van der Waals surface area contributed by atoms with Crippen molar-refractivity contribution in [2.24, 2.45) is 5.10 Å². The lowest BCUT2D eigenvalue weighted by Crippen LogP contribution is -2.41. The summed E-state index contributed by atoms with van der Waals surface area (Å²) in [6.07, 6.45) is 6.26. The monoisotopic (exact) mass is 401 g/mol. The summed E-state index contributed by atoms with van der Waals surface area (Å²) < 4.78 is 0. The Morgan fingerprint density at radius 3 is 2.56 bits per heavy atom. The van der Waals surface area contributed by atoms with E-state index in [-0.39, 0.29) is 0 Å². The lowest BCUT2D eigenvalue weighted by molar-refractivity contribution is 0.412. The number of nitrogens with zero attached hydrogens (tertiary/aromatic N) is 2. The SMILES string of the molecule is C/C(=N/NC(=S)NC1CCCCC1)c1sc(Nc2ccc(C)cc2)nc1C. The Morgan fingerprint density at radius 1 is 1.15 bits per heavy atom. The van der Waals surface area contributed by atoms with Crippen LogP contribution in [-0.4, -0.2) is 21.8 Å². The van der Waals surface area contributed by atoms with E-state index in [0.29, 0.717) is 11.2 Å². The minimum Gasteiger partial charge on any atom is -0.359 e. The van der Waals surface area contributed by atoms with Gasteiger partial charge in [0.2, 0.25) is 0 Å². The summed E-state index contributed by atoms with van der Waals surface area (Å²) in [5.74, 6) is 0. The zero-order valence-electron chi connectivity index (χ0n) is 16.1. The van der Waals surface area contributed by atoms with E-state index >= 15 is 0 Å². The van der Waals surface area contributed by atoms with Gasteiger partial charge in [-0.2, -0.15) is 5.10 Å². The van der Waals surface area contributed by atoms with Crippen LogP contribution in [0.25, 0.3) is 0 Å². The number of anilines is 2. The van der Waals surface area contributed by atoms with Crippen molar-refractivity contribution < 1.29 is 0 Å². The molecule has 7 heteroatoms. The van der Waals surface area contributed by atoms with Crippen molar-refractivity contribution in [3.8, 4) is 0 Å². The van der Waals surface area contributed by atoms with E-state index in [0.717, 1.165) is 27.1 Å². The molecule has 0 aliphatic heterocycles. The van der Waals surface area contributed by atoms with Gasteiger partial charge in [-0.15, -0.1) is 0 Å². The van der Waals surface area contributed by atoms with E-state index in [1.54, 1.807) is 11.3 Å². The van der Waals surface area contributed by atoms with Crippen LogP contribution in [0.2, 0.25) is 0 Å². The van der Waals surface area contributed by atoms with E-state index in [1.807, 2.05) is 13.8 Å². The molecule has 1 saturated carbocycles. The third-order valence-corrected chi connectivity index (χ3v) is 6.08. The second-order valence-electron chi connectivity index (χ2n) is 7.04. The van der Waals surface area contributed by atoms with Crippen molar-refractivity contribution >= 4 is 45.2 Å². The van der Waals surface area contributed by atoms with Crippen LogP contribution in [0.15, 0.2) is 29.4 Å². The van der Waals surface area contributed by atoms with Gasteiger partial charge in [0.05, 0.1) is 16.3 Å². The van der Waals surface area contributed by atoms with Gasteiger partial charge in [-0.05, 0) is 58.0 Å². The average molecular weight is 402 g/mol. The van der Waals surface area contributed by atoms with Crippen molar-refractivity contribution in [1.82, 2.24) is 15.7 Å². The van der Waals surface area contributed by atoms with E-state index in [4.69, 9.17) is 12.2 Å². The molecule has 27 heavy (non-hydrogen) atoms. The summed E-state index contributed by atoms with van der Waals surface area (Å²) >= 11 is 6.98. The van der Waals surface area contributed by atoms with Gasteiger partial charge in [-0.1, -0.05) is 48.3 Å². The number of rotatable bonds is 5. The normalized spacial score (nSPS) is 15.4. The fraction of sp³-hybridized carbons (Fsp3) is 0.450. The number of thiazole rings is 1. The van der Waals surface area contributed by atoms with Crippen LogP contribution in [-0.2, 0) is 0 Å². The van der Waals surface area contributed by atoms with Gasteiger partial charge in [-0.25, -0.2) is 4.98 Å². The average Bonchev–Trinajstić information content (AvgIpc) is 3.03. The molecule has 0 unspecified atom stereocenters. The summed E-state index contributed by atoms with van der Waals surface area (Å²) in [5, 5.41) is 12.7. The maximum absolute atomic E-state index is 5.38. The Bertz CT molecular complexity index is 804. The van der Waals surface area contributed by atoms with Crippen LogP contribution >= 0.6 is 23.6 Å². The first-order valence-corrected chi connectivity index (χ1v) is 10.7. The van der Waals surface area contributed by atoms with Gasteiger partial charge < -0.3 is 10.6 Å². The standard InChI is InChI=1S/C20H27N5S2/c1-13-9-11-17(12-10-13)23-20-21-14(2)18(27-20)15(3)24-25-19(26)22-16-7-5-4-6-8-16/h9-12,16H,4-8H2,1-3H3,(H,21,23)(H2,22,25,26)/b24-15-. The Kier molecular flexibility index (Phi) is 6.79. The number of thiocarbonyl (C=S) groups is 1. The van der Waals surface area contributed by atoms with E-state index < -0.39 is 0 Å². The number of aryl methyl sites for hydroxylation is 2. The molecule has 0 bridgehead atoms. The Labute approximate surface area is 170 Å². The van der Waals surface area contributed by atoms with E-state index in [2.05, 4.69) is 57.3 Å². The molecule has 1 aliphatic rings. The molecule has 2 aromatic rings. The lowest BCUT2D eigenvalue weighted by Gasteiger charge is -2.23. The predicted molar refractivity (Wildman–Crippen MR) is 119 cm³/mol. The maximum Gasteiger partial charge on any atom is 0.188 e. The quantitative estimate of drug-likeness (QED) is 0.373. The number of nitrogens with one attached hydrogen (secondary N) is 3. The second-order valence-corrected chi connectivity index (χ2v) is 8.45. The Hall–Kier alpha value is -1.99. The molecule has 0 radical (unpaired) electrons. The highest BCUT2D eigenvalue weighted by Gasteiger charge is 2.14. The largest absolute Gasteiger partial charge is 0.359 e. The van der Waals surface area contributed by atoms with Crippen LogP contribution in [0.4, 0.5) is 10.8 Å². The molecular formula is C20H27N5S2. The number of hydrogen-bond donors (Lipinski definition) is 3. The molecule has 1 fully saturated rings. The van der Waals surface area contributed by atoms with Crippen molar-refractivity contribution in [3.63, 3.8) is 0 Å². The van der Waals surface area contributed by atoms with Gasteiger partial charge in [0.25, 0.3) is 0 Å². The van der Waals surface area contributed by atoms with Crippen LogP contribution in [0.3, 0.4) is 0 Å². The highest BCUT2D eigenvalue weighted by Crippen LogP contribution is 2.26. The molecule has 144 valence electrons. The van der Waals surface area contributed by atoms with Crippen LogP contribution in [0.1, 0.15) is 55.2 Å². The number of aromatic nitrogens is 1. The molecule has 1 aromatic carbocycles. The summed E-state index contributed by atoms with van der Waals surface area (Å²) in [7, 11) is 0. The molecule has 3 rings (SSSR count). The second kappa shape index (κ2) is 9.28. The smallest absolute Gasteiger partial charge is 0.188 e. The molecule has 0 atom stereocenters. The van der Waals surface area contributed by atoms with Gasteiger partial charge in [0.15, 0.2) is 10.2 Å². The minimum atomic E-state index is 0.477. The Morgan fingerprint density at radius 2 is 1.85 bits per heavy atom. The van der Waals surface area contributed by atoms with E-state index in [9.17, 15) is 0 Å². The first-order chi connectivity index (χ1) is 13.0. The molecule has 1 heterocycles. The molecule has 0 amide bonds. The van der Waals surface area contributed by atoms with Crippen LogP contribution < -0.4 is 16.1 Å². The topological polar surface area (TPSA) is 61.3 Å². The van der Waals surface area contributed by atoms with Crippen molar-refractivity contribution in [3.05, 3.63) is 40.4 Å². The maximum atomic E-state index is 5.38. The third-order valence-electron chi connectivity index (χ3n) is 4.69. The highest BCUT2D eigenvalue weighted by molar-refractivity contribution is 7.80. The minimum absolute atomic E-state index is 0.477. The zero-order valence-corrected chi connectivity index (χ0v) is 17.8. The third kappa shape index (κ3) is 5.74. The van der Waals surface area contributed by atoms with Gasteiger partial charge in [0, 0.05) is 11.7 Å². The van der Waals surface area contributed by atoms with Gasteiger partial charge in [-0.3, -0.25) is 5.43 Å².